The van der Waals surface area contributed by atoms with E-state index in [2.05, 4.69) is 20.9 Å². The topological polar surface area (TPSA) is 59.8 Å². The number of hydrogen-bond acceptors (Lipinski definition) is 3. The molecule has 0 bridgehead atoms. The number of nitrogens with one attached hydrogen (secondary N) is 1. The number of para-hydroxylation sites is 2. The Morgan fingerprint density at radius 3 is 2.66 bits per heavy atom. The van der Waals surface area contributed by atoms with Crippen LogP contribution in [0.3, 0.4) is 0 Å². The van der Waals surface area contributed by atoms with Crippen molar-refractivity contribution in [2.45, 2.75) is 19.4 Å². The van der Waals surface area contributed by atoms with Crippen LogP contribution in [0.25, 0.3) is 11.0 Å². The highest BCUT2D eigenvalue weighted by Gasteiger charge is 2.11. The third kappa shape index (κ3) is 4.63. The molecule has 146 valence electrons. The molecule has 0 aliphatic rings. The smallest absolute Gasteiger partial charge is 0.252 e. The molecule has 0 saturated heterocycles. The van der Waals surface area contributed by atoms with Crippen molar-refractivity contribution in [3.05, 3.63) is 95.0 Å². The molecule has 0 unspecified atom stereocenters. The highest BCUT2D eigenvalue weighted by molar-refractivity contribution is 6.30. The molecule has 0 spiro atoms. The third-order valence-corrected chi connectivity index (χ3v) is 5.03. The number of carbonyl (C=O) groups is 1. The maximum atomic E-state index is 12.1. The van der Waals surface area contributed by atoms with E-state index in [1.165, 1.54) is 5.56 Å². The van der Waals surface area contributed by atoms with Gasteiger partial charge in [-0.1, -0.05) is 35.9 Å². The summed E-state index contributed by atoms with van der Waals surface area (Å²) in [6.07, 6.45) is 4.80. The van der Waals surface area contributed by atoms with E-state index in [4.69, 9.17) is 16.6 Å². The number of fused-ring (bicyclic) bond motifs is 1. The zero-order valence-electron chi connectivity index (χ0n) is 15.9. The molecular weight excluding hydrogens is 384 g/mol. The first-order chi connectivity index (χ1) is 14.2. The van der Waals surface area contributed by atoms with Crippen molar-refractivity contribution in [3.63, 3.8) is 0 Å². The van der Waals surface area contributed by atoms with Crippen molar-refractivity contribution >= 4 is 28.5 Å². The van der Waals surface area contributed by atoms with E-state index in [9.17, 15) is 4.79 Å². The number of aryl methyl sites for hydroxylation is 1. The van der Waals surface area contributed by atoms with Crippen LogP contribution in [0.15, 0.2) is 73.1 Å². The number of rotatable bonds is 7. The second kappa shape index (κ2) is 8.88. The van der Waals surface area contributed by atoms with Crippen molar-refractivity contribution in [2.24, 2.45) is 0 Å². The molecule has 0 saturated carbocycles. The lowest BCUT2D eigenvalue weighted by Gasteiger charge is -2.10. The summed E-state index contributed by atoms with van der Waals surface area (Å²) in [6.45, 7) is 1.31. The SMILES string of the molecule is O=C(NCCCc1nc2ccccc2n1Cc1ccc(Cl)cc1)c1cccnc1. The van der Waals surface area contributed by atoms with Gasteiger partial charge < -0.3 is 9.88 Å². The molecular formula is C23H21ClN4O. The average molecular weight is 405 g/mol. The Kier molecular flexibility index (Phi) is 5.86. The van der Waals surface area contributed by atoms with Gasteiger partial charge in [0.1, 0.15) is 5.82 Å². The van der Waals surface area contributed by atoms with Crippen molar-refractivity contribution < 1.29 is 4.79 Å². The molecule has 2 aromatic carbocycles. The predicted octanol–water partition coefficient (Wildman–Crippen LogP) is 4.50. The van der Waals surface area contributed by atoms with Gasteiger partial charge in [-0.15, -0.1) is 0 Å². The minimum atomic E-state index is -0.104. The monoisotopic (exact) mass is 404 g/mol. The van der Waals surface area contributed by atoms with Gasteiger partial charge in [-0.3, -0.25) is 9.78 Å². The maximum Gasteiger partial charge on any atom is 0.252 e. The van der Waals surface area contributed by atoms with Crippen LogP contribution in [0.5, 0.6) is 0 Å². The molecule has 29 heavy (non-hydrogen) atoms. The summed E-state index contributed by atoms with van der Waals surface area (Å²) in [7, 11) is 0. The summed E-state index contributed by atoms with van der Waals surface area (Å²) in [4.78, 5) is 20.9. The van der Waals surface area contributed by atoms with Crippen LogP contribution in [-0.2, 0) is 13.0 Å². The predicted molar refractivity (Wildman–Crippen MR) is 115 cm³/mol. The van der Waals surface area contributed by atoms with Crippen molar-refractivity contribution in [1.29, 1.82) is 0 Å². The Balaban J connectivity index is 1.45. The molecule has 0 aliphatic carbocycles. The van der Waals surface area contributed by atoms with E-state index in [0.717, 1.165) is 41.3 Å². The van der Waals surface area contributed by atoms with Crippen LogP contribution < -0.4 is 5.32 Å². The molecule has 1 amide bonds. The highest BCUT2D eigenvalue weighted by atomic mass is 35.5. The Labute approximate surface area is 174 Å². The van der Waals surface area contributed by atoms with Gasteiger partial charge >= 0.3 is 0 Å². The molecule has 2 aromatic heterocycles. The highest BCUT2D eigenvalue weighted by Crippen LogP contribution is 2.20. The number of hydrogen-bond donors (Lipinski definition) is 1. The van der Waals surface area contributed by atoms with Crippen molar-refractivity contribution in [1.82, 2.24) is 19.9 Å². The van der Waals surface area contributed by atoms with Gasteiger partial charge in [0.2, 0.25) is 0 Å². The average Bonchev–Trinajstić information content (AvgIpc) is 3.10. The van der Waals surface area contributed by atoms with E-state index >= 15 is 0 Å². The third-order valence-electron chi connectivity index (χ3n) is 4.77. The normalized spacial score (nSPS) is 10.9. The summed E-state index contributed by atoms with van der Waals surface area (Å²) < 4.78 is 2.24. The van der Waals surface area contributed by atoms with Gasteiger partial charge in [-0.2, -0.15) is 0 Å². The number of amides is 1. The molecule has 4 rings (SSSR count). The van der Waals surface area contributed by atoms with Gasteiger partial charge in [0.15, 0.2) is 0 Å². The molecule has 0 atom stereocenters. The number of halogens is 1. The largest absolute Gasteiger partial charge is 0.352 e. The number of aromatic nitrogens is 3. The fourth-order valence-corrected chi connectivity index (χ4v) is 3.44. The van der Waals surface area contributed by atoms with Gasteiger partial charge in [0, 0.05) is 36.9 Å². The van der Waals surface area contributed by atoms with E-state index in [1.54, 1.807) is 24.5 Å². The maximum absolute atomic E-state index is 12.1. The first-order valence-electron chi connectivity index (χ1n) is 9.57. The number of carbonyl (C=O) groups excluding carboxylic acids is 1. The van der Waals surface area contributed by atoms with E-state index in [1.807, 2.05) is 42.5 Å². The zero-order chi connectivity index (χ0) is 20.1. The second-order valence-electron chi connectivity index (χ2n) is 6.83. The summed E-state index contributed by atoms with van der Waals surface area (Å²) in [6, 6.07) is 19.5. The van der Waals surface area contributed by atoms with E-state index in [0.29, 0.717) is 12.1 Å². The minimum Gasteiger partial charge on any atom is -0.352 e. The lowest BCUT2D eigenvalue weighted by Crippen LogP contribution is -2.25. The number of imidazole rings is 1. The molecule has 6 heteroatoms. The van der Waals surface area contributed by atoms with Crippen LogP contribution in [0.4, 0.5) is 0 Å². The number of nitrogens with zero attached hydrogens (tertiary/aromatic N) is 3. The number of pyridine rings is 1. The lowest BCUT2D eigenvalue weighted by molar-refractivity contribution is 0.0953. The summed E-state index contributed by atoms with van der Waals surface area (Å²) >= 11 is 6.02. The molecule has 1 N–H and O–H groups in total. The number of benzene rings is 2. The zero-order valence-corrected chi connectivity index (χ0v) is 16.6. The molecule has 2 heterocycles. The van der Waals surface area contributed by atoms with Crippen LogP contribution in [0.1, 0.15) is 28.2 Å². The van der Waals surface area contributed by atoms with E-state index in [-0.39, 0.29) is 5.91 Å². The van der Waals surface area contributed by atoms with Crippen LogP contribution in [-0.4, -0.2) is 27.0 Å². The Morgan fingerprint density at radius 2 is 1.86 bits per heavy atom. The van der Waals surface area contributed by atoms with Crippen LogP contribution >= 0.6 is 11.6 Å². The van der Waals surface area contributed by atoms with Crippen LogP contribution in [0, 0.1) is 0 Å². The Bertz CT molecular complexity index is 1110. The van der Waals surface area contributed by atoms with Gasteiger partial charge in [-0.25, -0.2) is 4.98 Å². The fourth-order valence-electron chi connectivity index (χ4n) is 3.31. The van der Waals surface area contributed by atoms with Crippen molar-refractivity contribution in [2.75, 3.05) is 6.54 Å². The second-order valence-corrected chi connectivity index (χ2v) is 7.27. The summed E-state index contributed by atoms with van der Waals surface area (Å²) in [5.74, 6) is 0.907. The van der Waals surface area contributed by atoms with Gasteiger partial charge in [0.25, 0.3) is 5.91 Å². The summed E-state index contributed by atoms with van der Waals surface area (Å²) in [5.41, 5.74) is 3.83. The minimum absolute atomic E-state index is 0.104. The van der Waals surface area contributed by atoms with Gasteiger partial charge in [-0.05, 0) is 48.4 Å². The molecule has 4 aromatic rings. The quantitative estimate of drug-likeness (QED) is 0.461. The first-order valence-corrected chi connectivity index (χ1v) is 9.95. The van der Waals surface area contributed by atoms with Gasteiger partial charge in [0.05, 0.1) is 16.6 Å². The standard InChI is InChI=1S/C23H21ClN4O/c24-19-11-9-17(10-12-19)16-28-21-7-2-1-6-20(21)27-22(28)8-4-14-26-23(29)18-5-3-13-25-15-18/h1-3,5-7,9-13,15H,4,8,14,16H2,(H,26,29). The molecule has 0 fully saturated rings. The Hall–Kier alpha value is -3.18. The molecule has 5 nitrogen and oxygen atoms in total. The summed E-state index contributed by atoms with van der Waals surface area (Å²) in [5, 5.41) is 3.68. The molecule has 0 aliphatic heterocycles. The van der Waals surface area contributed by atoms with Crippen molar-refractivity contribution in [3.8, 4) is 0 Å². The lowest BCUT2D eigenvalue weighted by atomic mass is 10.2. The van der Waals surface area contributed by atoms with E-state index < -0.39 is 0 Å². The molecule has 0 radical (unpaired) electrons. The van der Waals surface area contributed by atoms with Crippen LogP contribution in [0.2, 0.25) is 5.02 Å². The Morgan fingerprint density at radius 1 is 1.03 bits per heavy atom. The first kappa shape index (κ1) is 19.2. The fraction of sp³-hybridized carbons (Fsp3) is 0.174.